The monoisotopic (exact) mass is 380 g/mol. The van der Waals surface area contributed by atoms with Gasteiger partial charge in [0.05, 0.1) is 25.4 Å². The van der Waals surface area contributed by atoms with E-state index in [4.69, 9.17) is 9.47 Å². The van der Waals surface area contributed by atoms with E-state index >= 15 is 0 Å². The quantitative estimate of drug-likeness (QED) is 0.638. The smallest absolute Gasteiger partial charge is 0.203 e. The predicted octanol–water partition coefficient (Wildman–Crippen LogP) is 1.48. The molecule has 4 aliphatic rings. The van der Waals surface area contributed by atoms with Crippen molar-refractivity contribution >= 4 is 5.78 Å². The molecule has 0 aromatic carbocycles. The van der Waals surface area contributed by atoms with Crippen LogP contribution in [-0.4, -0.2) is 52.8 Å². The summed E-state index contributed by atoms with van der Waals surface area (Å²) in [6.45, 7) is 7.99. The van der Waals surface area contributed by atoms with Gasteiger partial charge < -0.3 is 24.8 Å². The van der Waals surface area contributed by atoms with Crippen molar-refractivity contribution in [3.63, 3.8) is 0 Å². The molecular weight excluding hydrogens is 348 g/mol. The Kier molecular flexibility index (Phi) is 4.32. The zero-order valence-electron chi connectivity index (χ0n) is 16.8. The van der Waals surface area contributed by atoms with Crippen LogP contribution >= 0.6 is 0 Å². The first kappa shape index (κ1) is 19.4. The summed E-state index contributed by atoms with van der Waals surface area (Å²) in [4.78, 5) is 13.5. The summed E-state index contributed by atoms with van der Waals surface area (Å²) in [6.07, 6.45) is -0.173. The highest BCUT2D eigenvalue weighted by Crippen LogP contribution is 2.68. The SMILES string of the molecule is COC1=CC(C)C2C[C@H]3OC(O)C[C@H]4[C@@H](C)[C@H](O)C(O)C([C@@]2(C)C1=O)[C@@]34C. The summed E-state index contributed by atoms with van der Waals surface area (Å²) < 4.78 is 11.4. The zero-order chi connectivity index (χ0) is 19.9. The minimum absolute atomic E-state index is 0.0348. The van der Waals surface area contributed by atoms with E-state index in [2.05, 4.69) is 13.8 Å². The fraction of sp³-hybridized carbons (Fsp3) is 0.857. The van der Waals surface area contributed by atoms with Crippen LogP contribution < -0.4 is 0 Å². The molecule has 0 spiro atoms. The number of aliphatic hydroxyl groups excluding tert-OH is 3. The molecule has 6 nitrogen and oxygen atoms in total. The van der Waals surface area contributed by atoms with Crippen LogP contribution in [0.5, 0.6) is 0 Å². The topological polar surface area (TPSA) is 96.2 Å². The number of hydrogen-bond acceptors (Lipinski definition) is 6. The fourth-order valence-electron chi connectivity index (χ4n) is 7.37. The number of carbonyl (C=O) groups is 1. The van der Waals surface area contributed by atoms with Gasteiger partial charge >= 0.3 is 0 Å². The van der Waals surface area contributed by atoms with Gasteiger partial charge in [0.25, 0.3) is 0 Å². The van der Waals surface area contributed by atoms with Gasteiger partial charge in [0.15, 0.2) is 12.0 Å². The van der Waals surface area contributed by atoms with E-state index in [1.54, 1.807) is 0 Å². The van der Waals surface area contributed by atoms with Crippen LogP contribution in [0.2, 0.25) is 0 Å². The lowest BCUT2D eigenvalue weighted by molar-refractivity contribution is -0.325. The Labute approximate surface area is 160 Å². The average molecular weight is 380 g/mol. The Hall–Kier alpha value is -0.950. The molecule has 1 aliphatic heterocycles. The summed E-state index contributed by atoms with van der Waals surface area (Å²) in [5.74, 6) is -0.416. The number of hydrogen-bond donors (Lipinski definition) is 3. The summed E-state index contributed by atoms with van der Waals surface area (Å²) in [5, 5.41) is 32.4. The van der Waals surface area contributed by atoms with Crippen molar-refractivity contribution < 1.29 is 29.6 Å². The molecule has 3 aliphatic carbocycles. The Morgan fingerprint density at radius 2 is 1.78 bits per heavy atom. The van der Waals surface area contributed by atoms with Crippen LogP contribution in [0.25, 0.3) is 0 Å². The lowest BCUT2D eigenvalue weighted by Crippen LogP contribution is -2.73. The maximum Gasteiger partial charge on any atom is 0.203 e. The lowest BCUT2D eigenvalue weighted by atomic mass is 9.38. The Morgan fingerprint density at radius 3 is 2.41 bits per heavy atom. The zero-order valence-corrected chi connectivity index (χ0v) is 16.8. The van der Waals surface area contributed by atoms with E-state index in [0.29, 0.717) is 18.6 Å². The molecule has 4 rings (SSSR count). The molecule has 0 bridgehead atoms. The molecule has 0 aromatic heterocycles. The van der Waals surface area contributed by atoms with Crippen LogP contribution in [0.15, 0.2) is 11.8 Å². The molecule has 6 heteroatoms. The molecule has 2 saturated carbocycles. The number of carbonyl (C=O) groups excluding carboxylic acids is 1. The number of ketones is 1. The Balaban J connectivity index is 1.91. The first-order valence-corrected chi connectivity index (χ1v) is 10.1. The number of ether oxygens (including phenoxy) is 2. The summed E-state index contributed by atoms with van der Waals surface area (Å²) in [5.41, 5.74) is -1.36. The minimum atomic E-state index is -1.03. The molecule has 152 valence electrons. The van der Waals surface area contributed by atoms with Crippen molar-refractivity contribution in [3.05, 3.63) is 11.8 Å². The number of fused-ring (bicyclic) bond motifs is 2. The molecule has 11 atom stereocenters. The molecule has 0 aromatic rings. The van der Waals surface area contributed by atoms with E-state index < -0.39 is 35.2 Å². The van der Waals surface area contributed by atoms with Gasteiger partial charge in [0.1, 0.15) is 0 Å². The third-order valence-electron chi connectivity index (χ3n) is 8.67. The Morgan fingerprint density at radius 1 is 1.11 bits per heavy atom. The number of allylic oxidation sites excluding steroid dienone is 2. The van der Waals surface area contributed by atoms with E-state index in [9.17, 15) is 20.1 Å². The molecule has 3 fully saturated rings. The summed E-state index contributed by atoms with van der Waals surface area (Å²) >= 11 is 0. The van der Waals surface area contributed by atoms with Gasteiger partial charge in [-0.15, -0.1) is 0 Å². The van der Waals surface area contributed by atoms with Gasteiger partial charge in [-0.25, -0.2) is 0 Å². The van der Waals surface area contributed by atoms with Crippen molar-refractivity contribution in [3.8, 4) is 0 Å². The third kappa shape index (κ3) is 2.24. The molecule has 0 amide bonds. The maximum atomic E-state index is 13.5. The van der Waals surface area contributed by atoms with Gasteiger partial charge in [0.2, 0.25) is 5.78 Å². The molecule has 5 unspecified atom stereocenters. The number of aliphatic hydroxyl groups is 3. The van der Waals surface area contributed by atoms with E-state index in [1.165, 1.54) is 7.11 Å². The van der Waals surface area contributed by atoms with Crippen molar-refractivity contribution in [2.24, 2.45) is 40.4 Å². The molecule has 0 radical (unpaired) electrons. The standard InChI is InChI=1S/C21H32O6/c1-9-6-13(26-5)19(25)21(4)11(9)7-14-20(3)12(8-15(22)27-14)10(2)16(23)17(24)18(20)21/h6,9-12,14-18,22-24H,7-8H2,1-5H3/t9?,10-,11?,12+,14-,15?,16+,17?,18?,20-,21+/m1/s1. The fourth-order valence-corrected chi connectivity index (χ4v) is 7.37. The summed E-state index contributed by atoms with van der Waals surface area (Å²) in [7, 11) is 1.50. The van der Waals surface area contributed by atoms with Gasteiger partial charge in [-0.05, 0) is 36.2 Å². The molecule has 27 heavy (non-hydrogen) atoms. The van der Waals surface area contributed by atoms with Crippen LogP contribution in [0.4, 0.5) is 0 Å². The lowest BCUT2D eigenvalue weighted by Gasteiger charge is -2.69. The minimum Gasteiger partial charge on any atom is -0.493 e. The second-order valence-electron chi connectivity index (χ2n) is 9.65. The third-order valence-corrected chi connectivity index (χ3v) is 8.67. The predicted molar refractivity (Wildman–Crippen MR) is 97.2 cm³/mol. The number of methoxy groups -OCH3 is 1. The van der Waals surface area contributed by atoms with E-state index in [-0.39, 0.29) is 35.6 Å². The largest absolute Gasteiger partial charge is 0.493 e. The first-order chi connectivity index (χ1) is 12.6. The molecule has 3 N–H and O–H groups in total. The second kappa shape index (κ2) is 6.02. The molecular formula is C21H32O6. The van der Waals surface area contributed by atoms with Crippen LogP contribution in [0, 0.1) is 40.4 Å². The van der Waals surface area contributed by atoms with Crippen LogP contribution in [0.3, 0.4) is 0 Å². The number of rotatable bonds is 1. The van der Waals surface area contributed by atoms with Crippen molar-refractivity contribution in [1.82, 2.24) is 0 Å². The normalized spacial score (nSPS) is 57.4. The maximum absolute atomic E-state index is 13.5. The van der Waals surface area contributed by atoms with Gasteiger partial charge in [-0.3, -0.25) is 4.79 Å². The van der Waals surface area contributed by atoms with Crippen LogP contribution in [-0.2, 0) is 14.3 Å². The van der Waals surface area contributed by atoms with Gasteiger partial charge in [0, 0.05) is 23.2 Å². The highest BCUT2D eigenvalue weighted by Gasteiger charge is 2.72. The Bertz CT molecular complexity index is 676. The second-order valence-corrected chi connectivity index (χ2v) is 9.65. The molecule has 1 saturated heterocycles. The van der Waals surface area contributed by atoms with E-state index in [0.717, 1.165) is 0 Å². The van der Waals surface area contributed by atoms with E-state index in [1.807, 2.05) is 19.9 Å². The highest BCUT2D eigenvalue weighted by atomic mass is 16.6. The van der Waals surface area contributed by atoms with Gasteiger partial charge in [-0.2, -0.15) is 0 Å². The number of Topliss-reactive ketones (excluding diaryl/α,β-unsaturated/α-hetero) is 1. The van der Waals surface area contributed by atoms with Crippen molar-refractivity contribution in [2.75, 3.05) is 7.11 Å². The first-order valence-electron chi connectivity index (χ1n) is 10.1. The van der Waals surface area contributed by atoms with Gasteiger partial charge in [-0.1, -0.05) is 27.7 Å². The van der Waals surface area contributed by atoms with Crippen LogP contribution in [0.1, 0.15) is 40.5 Å². The van der Waals surface area contributed by atoms with Crippen molar-refractivity contribution in [2.45, 2.75) is 65.1 Å². The molecule has 1 heterocycles. The summed E-state index contributed by atoms with van der Waals surface area (Å²) in [6, 6.07) is 0. The highest BCUT2D eigenvalue weighted by molar-refractivity contribution is 5.99. The average Bonchev–Trinajstić information content (AvgIpc) is 2.61. The van der Waals surface area contributed by atoms with Crippen molar-refractivity contribution in [1.29, 1.82) is 0 Å².